The second kappa shape index (κ2) is 4.63. The standard InChI is InChI=1S/C12H20O2/c1-5-10-6-9(4)11(7-10)14-12(13)8(2)3/h9-11H,2,5-7H2,1,3-4H3. The number of rotatable bonds is 3. The zero-order valence-electron chi connectivity index (χ0n) is 9.38. The Morgan fingerprint density at radius 1 is 1.50 bits per heavy atom. The molecule has 0 aromatic heterocycles. The molecule has 0 aromatic carbocycles. The van der Waals surface area contributed by atoms with Gasteiger partial charge in [-0.2, -0.15) is 0 Å². The van der Waals surface area contributed by atoms with E-state index in [0.717, 1.165) is 12.3 Å². The summed E-state index contributed by atoms with van der Waals surface area (Å²) >= 11 is 0. The SMILES string of the molecule is C=C(C)C(=O)OC1CC(CC)CC1C. The molecular weight excluding hydrogens is 176 g/mol. The summed E-state index contributed by atoms with van der Waals surface area (Å²) in [5.41, 5.74) is 0.497. The summed E-state index contributed by atoms with van der Waals surface area (Å²) in [5, 5.41) is 0. The van der Waals surface area contributed by atoms with Crippen molar-refractivity contribution in [3.63, 3.8) is 0 Å². The molecule has 14 heavy (non-hydrogen) atoms. The third-order valence-corrected chi connectivity index (χ3v) is 3.09. The van der Waals surface area contributed by atoms with Gasteiger partial charge in [0.15, 0.2) is 0 Å². The highest BCUT2D eigenvalue weighted by atomic mass is 16.5. The molecule has 2 nitrogen and oxygen atoms in total. The fourth-order valence-corrected chi connectivity index (χ4v) is 2.07. The summed E-state index contributed by atoms with van der Waals surface area (Å²) in [6.45, 7) is 9.63. The van der Waals surface area contributed by atoms with E-state index in [1.807, 2.05) is 0 Å². The Hall–Kier alpha value is -0.790. The van der Waals surface area contributed by atoms with Gasteiger partial charge in [-0.1, -0.05) is 26.8 Å². The first-order valence-corrected chi connectivity index (χ1v) is 5.41. The summed E-state index contributed by atoms with van der Waals surface area (Å²) in [6.07, 6.45) is 3.51. The van der Waals surface area contributed by atoms with Crippen LogP contribution in [0.4, 0.5) is 0 Å². The van der Waals surface area contributed by atoms with Crippen LogP contribution in [-0.2, 0) is 9.53 Å². The molecule has 2 heteroatoms. The van der Waals surface area contributed by atoms with Gasteiger partial charge in [-0.05, 0) is 31.6 Å². The third kappa shape index (κ3) is 2.60. The Kier molecular flexibility index (Phi) is 3.73. The van der Waals surface area contributed by atoms with E-state index >= 15 is 0 Å². The minimum atomic E-state index is -0.237. The van der Waals surface area contributed by atoms with Crippen LogP contribution < -0.4 is 0 Å². The van der Waals surface area contributed by atoms with Gasteiger partial charge in [-0.15, -0.1) is 0 Å². The van der Waals surface area contributed by atoms with E-state index in [1.165, 1.54) is 12.8 Å². The Balaban J connectivity index is 2.46. The molecule has 0 heterocycles. The lowest BCUT2D eigenvalue weighted by atomic mass is 10.0. The topological polar surface area (TPSA) is 26.3 Å². The van der Waals surface area contributed by atoms with E-state index in [1.54, 1.807) is 6.92 Å². The molecular formula is C12H20O2. The normalized spacial score (nSPS) is 31.5. The third-order valence-electron chi connectivity index (χ3n) is 3.09. The molecule has 0 aliphatic heterocycles. The molecule has 80 valence electrons. The summed E-state index contributed by atoms with van der Waals surface area (Å²) < 4.78 is 5.38. The minimum Gasteiger partial charge on any atom is -0.459 e. The van der Waals surface area contributed by atoms with Crippen molar-refractivity contribution in [2.75, 3.05) is 0 Å². The summed E-state index contributed by atoms with van der Waals surface area (Å²) in [7, 11) is 0. The van der Waals surface area contributed by atoms with Crippen LogP contribution in [-0.4, -0.2) is 12.1 Å². The number of esters is 1. The monoisotopic (exact) mass is 196 g/mol. The van der Waals surface area contributed by atoms with Gasteiger partial charge in [0.2, 0.25) is 0 Å². The van der Waals surface area contributed by atoms with Gasteiger partial charge in [-0.25, -0.2) is 4.79 Å². The summed E-state index contributed by atoms with van der Waals surface area (Å²) in [5.74, 6) is 0.995. The zero-order valence-corrected chi connectivity index (χ0v) is 9.38. The van der Waals surface area contributed by atoms with Crippen molar-refractivity contribution in [2.45, 2.75) is 46.1 Å². The predicted octanol–water partition coefficient (Wildman–Crippen LogP) is 2.93. The molecule has 1 fully saturated rings. The van der Waals surface area contributed by atoms with Gasteiger partial charge >= 0.3 is 5.97 Å². The van der Waals surface area contributed by atoms with Gasteiger partial charge in [0.05, 0.1) is 0 Å². The van der Waals surface area contributed by atoms with Crippen LogP contribution in [0.1, 0.15) is 40.0 Å². The molecule has 0 amide bonds. The van der Waals surface area contributed by atoms with Crippen LogP contribution >= 0.6 is 0 Å². The highest BCUT2D eigenvalue weighted by Gasteiger charge is 2.32. The van der Waals surface area contributed by atoms with Crippen molar-refractivity contribution in [3.05, 3.63) is 12.2 Å². The Labute approximate surface area is 86.3 Å². The van der Waals surface area contributed by atoms with E-state index in [0.29, 0.717) is 11.5 Å². The molecule has 3 unspecified atom stereocenters. The lowest BCUT2D eigenvalue weighted by Gasteiger charge is -2.16. The largest absolute Gasteiger partial charge is 0.459 e. The summed E-state index contributed by atoms with van der Waals surface area (Å²) in [4.78, 5) is 11.3. The molecule has 0 aromatic rings. The Bertz CT molecular complexity index is 232. The lowest BCUT2D eigenvalue weighted by Crippen LogP contribution is -2.20. The highest BCUT2D eigenvalue weighted by molar-refractivity contribution is 5.87. The Morgan fingerprint density at radius 2 is 2.14 bits per heavy atom. The van der Waals surface area contributed by atoms with Gasteiger partial charge in [0.1, 0.15) is 6.10 Å². The average Bonchev–Trinajstić information content (AvgIpc) is 2.47. The van der Waals surface area contributed by atoms with Gasteiger partial charge < -0.3 is 4.74 Å². The van der Waals surface area contributed by atoms with Crippen LogP contribution in [0.2, 0.25) is 0 Å². The maximum atomic E-state index is 11.3. The average molecular weight is 196 g/mol. The van der Waals surface area contributed by atoms with Gasteiger partial charge in [0.25, 0.3) is 0 Å². The zero-order chi connectivity index (χ0) is 10.7. The van der Waals surface area contributed by atoms with Crippen LogP contribution in [0.15, 0.2) is 12.2 Å². The molecule has 1 saturated carbocycles. The van der Waals surface area contributed by atoms with Crippen molar-refractivity contribution in [1.29, 1.82) is 0 Å². The molecule has 0 radical (unpaired) electrons. The maximum Gasteiger partial charge on any atom is 0.333 e. The minimum absolute atomic E-state index is 0.115. The number of carbonyl (C=O) groups is 1. The number of hydrogen-bond donors (Lipinski definition) is 0. The number of carbonyl (C=O) groups excluding carboxylic acids is 1. The van der Waals surface area contributed by atoms with Crippen LogP contribution in [0.25, 0.3) is 0 Å². The van der Waals surface area contributed by atoms with Crippen LogP contribution in [0.3, 0.4) is 0 Å². The van der Waals surface area contributed by atoms with Crippen molar-refractivity contribution in [3.8, 4) is 0 Å². The van der Waals surface area contributed by atoms with Crippen molar-refractivity contribution in [1.82, 2.24) is 0 Å². The maximum absolute atomic E-state index is 11.3. The summed E-state index contributed by atoms with van der Waals surface area (Å²) in [6, 6.07) is 0. The fourth-order valence-electron chi connectivity index (χ4n) is 2.07. The molecule has 0 bridgehead atoms. The number of ether oxygens (including phenoxy) is 1. The highest BCUT2D eigenvalue weighted by Crippen LogP contribution is 2.35. The molecule has 0 spiro atoms. The molecule has 1 aliphatic carbocycles. The van der Waals surface area contributed by atoms with Gasteiger partial charge in [-0.3, -0.25) is 0 Å². The van der Waals surface area contributed by atoms with Gasteiger partial charge in [0, 0.05) is 5.57 Å². The molecule has 3 atom stereocenters. The lowest BCUT2D eigenvalue weighted by molar-refractivity contribution is -0.145. The van der Waals surface area contributed by atoms with Crippen molar-refractivity contribution in [2.24, 2.45) is 11.8 Å². The predicted molar refractivity (Wildman–Crippen MR) is 56.9 cm³/mol. The second-order valence-corrected chi connectivity index (χ2v) is 4.45. The molecule has 0 saturated heterocycles. The smallest absolute Gasteiger partial charge is 0.333 e. The first-order chi connectivity index (χ1) is 6.54. The quantitative estimate of drug-likeness (QED) is 0.512. The van der Waals surface area contributed by atoms with E-state index in [2.05, 4.69) is 20.4 Å². The second-order valence-electron chi connectivity index (χ2n) is 4.45. The van der Waals surface area contributed by atoms with E-state index in [-0.39, 0.29) is 12.1 Å². The fraction of sp³-hybridized carbons (Fsp3) is 0.750. The first kappa shape index (κ1) is 11.3. The van der Waals surface area contributed by atoms with Crippen LogP contribution in [0, 0.1) is 11.8 Å². The number of hydrogen-bond acceptors (Lipinski definition) is 2. The van der Waals surface area contributed by atoms with E-state index in [9.17, 15) is 4.79 Å². The van der Waals surface area contributed by atoms with E-state index < -0.39 is 0 Å². The molecule has 1 aliphatic rings. The van der Waals surface area contributed by atoms with Crippen molar-refractivity contribution >= 4 is 5.97 Å². The van der Waals surface area contributed by atoms with Crippen LogP contribution in [0.5, 0.6) is 0 Å². The molecule has 0 N–H and O–H groups in total. The van der Waals surface area contributed by atoms with E-state index in [4.69, 9.17) is 4.74 Å². The first-order valence-electron chi connectivity index (χ1n) is 5.41. The molecule has 1 rings (SSSR count). The Morgan fingerprint density at radius 3 is 2.57 bits per heavy atom. The van der Waals surface area contributed by atoms with Crippen molar-refractivity contribution < 1.29 is 9.53 Å².